The van der Waals surface area contributed by atoms with Crippen LogP contribution in [0.1, 0.15) is 0 Å². The first-order valence-corrected chi connectivity index (χ1v) is 9.97. The average Bonchev–Trinajstić information content (AvgIpc) is 3.08. The zero-order valence-corrected chi connectivity index (χ0v) is 16.8. The van der Waals surface area contributed by atoms with Gasteiger partial charge < -0.3 is 4.57 Å². The maximum absolute atomic E-state index is 12.3. The Morgan fingerprint density at radius 3 is 1.86 bits per heavy atom. The van der Waals surface area contributed by atoms with E-state index in [0.717, 1.165) is 27.4 Å². The number of aromatic nitrogens is 1. The van der Waals surface area contributed by atoms with Crippen LogP contribution in [0.25, 0.3) is 38.6 Å². The van der Waals surface area contributed by atoms with E-state index in [-0.39, 0.29) is 10.6 Å². The molecule has 0 N–H and O–H groups in total. The molecule has 1 aromatic heterocycles. The highest BCUT2D eigenvalue weighted by Gasteiger charge is 2.27. The first-order chi connectivity index (χ1) is 14.2. The van der Waals surface area contributed by atoms with E-state index in [9.17, 15) is 10.1 Å². The molecule has 1 heterocycles. The zero-order chi connectivity index (χ0) is 20.0. The second-order valence-electron chi connectivity index (χ2n) is 6.79. The number of hydrogen-bond donors (Lipinski definition) is 0. The van der Waals surface area contributed by atoms with Crippen molar-refractivity contribution in [1.82, 2.24) is 4.57 Å². The van der Waals surface area contributed by atoms with E-state index < -0.39 is 0 Å². The van der Waals surface area contributed by atoms with Gasteiger partial charge in [-0.05, 0) is 45.8 Å². The van der Waals surface area contributed by atoms with E-state index in [2.05, 4.69) is 28.1 Å². The molecule has 0 unspecified atom stereocenters. The van der Waals surface area contributed by atoms with Gasteiger partial charge >= 0.3 is 5.69 Å². The van der Waals surface area contributed by atoms with Crippen molar-refractivity contribution >= 4 is 43.4 Å². The summed E-state index contributed by atoms with van der Waals surface area (Å²) < 4.78 is 2.66. The van der Waals surface area contributed by atoms with Gasteiger partial charge in [0.1, 0.15) is 5.69 Å². The monoisotopic (exact) mass is 442 g/mol. The molecule has 0 saturated carbocycles. The molecule has 0 saturated heterocycles. The molecule has 5 heteroatoms. The quantitative estimate of drug-likeness (QED) is 0.220. The molecule has 4 nitrogen and oxygen atoms in total. The molecule has 0 fully saturated rings. The lowest BCUT2D eigenvalue weighted by Gasteiger charge is -2.14. The Balaban J connectivity index is 1.96. The normalized spacial score (nSPS) is 11.2. The maximum atomic E-state index is 12.3. The molecule has 5 rings (SSSR count). The third kappa shape index (κ3) is 2.74. The van der Waals surface area contributed by atoms with E-state index >= 15 is 0 Å². The molecule has 0 aliphatic rings. The number of fused-ring (bicyclic) bond motifs is 3. The van der Waals surface area contributed by atoms with E-state index in [0.29, 0.717) is 15.7 Å². The Hall–Kier alpha value is -3.44. The number of hydrogen-bond acceptors (Lipinski definition) is 2. The highest BCUT2D eigenvalue weighted by atomic mass is 79.9. The van der Waals surface area contributed by atoms with Gasteiger partial charge in [-0.25, -0.2) is 0 Å². The number of benzene rings is 4. The summed E-state index contributed by atoms with van der Waals surface area (Å²) in [5.74, 6) is 0. The first kappa shape index (κ1) is 17.6. The van der Waals surface area contributed by atoms with Gasteiger partial charge in [0, 0.05) is 15.2 Å². The van der Waals surface area contributed by atoms with Crippen LogP contribution < -0.4 is 0 Å². The lowest BCUT2D eigenvalue weighted by Crippen LogP contribution is -2.03. The largest absolute Gasteiger partial charge is 0.302 e. The highest BCUT2D eigenvalue weighted by Crippen LogP contribution is 2.43. The molecule has 0 aliphatic heterocycles. The summed E-state index contributed by atoms with van der Waals surface area (Å²) in [6.45, 7) is 0. The summed E-state index contributed by atoms with van der Waals surface area (Å²) in [6, 6.07) is 29.2. The van der Waals surface area contributed by atoms with Crippen molar-refractivity contribution in [2.75, 3.05) is 0 Å². The number of halogens is 1. The van der Waals surface area contributed by atoms with Crippen LogP contribution in [0.3, 0.4) is 0 Å². The van der Waals surface area contributed by atoms with Crippen molar-refractivity contribution in [3.63, 3.8) is 0 Å². The van der Waals surface area contributed by atoms with Crippen molar-refractivity contribution in [3.05, 3.63) is 106 Å². The van der Waals surface area contributed by atoms with Crippen LogP contribution in [0.2, 0.25) is 0 Å². The molecule has 140 valence electrons. The lowest BCUT2D eigenvalue weighted by atomic mass is 10.0. The average molecular weight is 443 g/mol. The van der Waals surface area contributed by atoms with Crippen LogP contribution in [-0.4, -0.2) is 9.49 Å². The summed E-state index contributed by atoms with van der Waals surface area (Å²) in [4.78, 5) is 12.0. The van der Waals surface area contributed by atoms with Gasteiger partial charge in [-0.1, -0.05) is 66.7 Å². The Morgan fingerprint density at radius 1 is 0.724 bits per heavy atom. The highest BCUT2D eigenvalue weighted by molar-refractivity contribution is 9.10. The van der Waals surface area contributed by atoms with Crippen LogP contribution in [0.5, 0.6) is 0 Å². The minimum atomic E-state index is -0.286. The molecule has 0 amide bonds. The minimum absolute atomic E-state index is 0.0806. The summed E-state index contributed by atoms with van der Waals surface area (Å²) in [5, 5.41) is 14.4. The predicted molar refractivity (Wildman–Crippen MR) is 121 cm³/mol. The van der Waals surface area contributed by atoms with Crippen molar-refractivity contribution in [2.45, 2.75) is 0 Å². The number of para-hydroxylation sites is 2. The fraction of sp³-hybridized carbons (Fsp3) is 0. The van der Waals surface area contributed by atoms with Gasteiger partial charge in [0.25, 0.3) is 0 Å². The first-order valence-electron chi connectivity index (χ1n) is 9.17. The topological polar surface area (TPSA) is 48.1 Å². The summed E-state index contributed by atoms with van der Waals surface area (Å²) in [5.41, 5.74) is 3.89. The summed E-state index contributed by atoms with van der Waals surface area (Å²) in [7, 11) is 0. The number of nitro benzene ring substituents is 1. The third-order valence-electron chi connectivity index (χ3n) is 5.17. The molecule has 0 spiro atoms. The Kier molecular flexibility index (Phi) is 4.18. The molecular formula is C24H15BrN2O2. The fourth-order valence-corrected chi connectivity index (χ4v) is 4.46. The van der Waals surface area contributed by atoms with E-state index in [1.807, 2.05) is 77.4 Å². The van der Waals surface area contributed by atoms with Gasteiger partial charge in [-0.2, -0.15) is 0 Å². The lowest BCUT2D eigenvalue weighted by molar-refractivity contribution is -0.383. The van der Waals surface area contributed by atoms with Crippen LogP contribution in [-0.2, 0) is 0 Å². The molecule has 0 radical (unpaired) electrons. The Labute approximate surface area is 175 Å². The zero-order valence-electron chi connectivity index (χ0n) is 15.2. The van der Waals surface area contributed by atoms with Crippen molar-refractivity contribution < 1.29 is 4.92 Å². The molecule has 0 atom stereocenters. The van der Waals surface area contributed by atoms with Gasteiger partial charge in [0.15, 0.2) is 0 Å². The number of nitro groups is 1. The van der Waals surface area contributed by atoms with Crippen molar-refractivity contribution in [3.8, 4) is 16.8 Å². The number of rotatable bonds is 3. The van der Waals surface area contributed by atoms with Gasteiger partial charge in [-0.15, -0.1) is 0 Å². The summed E-state index contributed by atoms with van der Waals surface area (Å²) >= 11 is 3.59. The van der Waals surface area contributed by atoms with Crippen LogP contribution >= 0.6 is 15.9 Å². The number of nitrogens with zero attached hydrogens (tertiary/aromatic N) is 2. The van der Waals surface area contributed by atoms with E-state index in [1.165, 1.54) is 0 Å². The van der Waals surface area contributed by atoms with E-state index in [4.69, 9.17) is 0 Å². The van der Waals surface area contributed by atoms with Gasteiger partial charge in [0.05, 0.1) is 21.5 Å². The maximum Gasteiger partial charge on any atom is 0.302 e. The minimum Gasteiger partial charge on any atom is -0.302 e. The molecule has 5 aromatic rings. The van der Waals surface area contributed by atoms with Crippen molar-refractivity contribution in [2.24, 2.45) is 0 Å². The SMILES string of the molecule is O=[N+]([O-])c1c(-c2ccccc2)ccc(Br)c1-n1c2ccccc2c2ccccc21. The Bertz CT molecular complexity index is 1340. The molecular weight excluding hydrogens is 428 g/mol. The van der Waals surface area contributed by atoms with Crippen LogP contribution in [0.4, 0.5) is 5.69 Å². The van der Waals surface area contributed by atoms with Crippen LogP contribution in [0, 0.1) is 10.1 Å². The van der Waals surface area contributed by atoms with Gasteiger partial charge in [0.2, 0.25) is 0 Å². The molecule has 0 bridgehead atoms. The smallest absolute Gasteiger partial charge is 0.302 e. The van der Waals surface area contributed by atoms with E-state index in [1.54, 1.807) is 6.07 Å². The summed E-state index contributed by atoms with van der Waals surface area (Å²) in [6.07, 6.45) is 0. The standard InChI is InChI=1S/C24H15BrN2O2/c25-20-15-14-17(16-8-2-1-3-9-16)23(27(28)29)24(20)26-21-12-6-4-10-18(21)19-11-5-7-13-22(19)26/h1-15H. The predicted octanol–water partition coefficient (Wildman–Crippen LogP) is 7.12. The van der Waals surface area contributed by atoms with Crippen LogP contribution in [0.15, 0.2) is 95.5 Å². The van der Waals surface area contributed by atoms with Gasteiger partial charge in [-0.3, -0.25) is 10.1 Å². The molecule has 0 aliphatic carbocycles. The molecule has 29 heavy (non-hydrogen) atoms. The third-order valence-corrected chi connectivity index (χ3v) is 5.81. The Morgan fingerprint density at radius 2 is 1.28 bits per heavy atom. The second-order valence-corrected chi connectivity index (χ2v) is 7.64. The second kappa shape index (κ2) is 6.87. The van der Waals surface area contributed by atoms with Crippen molar-refractivity contribution in [1.29, 1.82) is 0 Å². The molecule has 4 aromatic carbocycles. The fourth-order valence-electron chi connectivity index (χ4n) is 3.97.